The Morgan fingerprint density at radius 2 is 2.12 bits per heavy atom. The van der Waals surface area contributed by atoms with Gasteiger partial charge in [0.15, 0.2) is 5.78 Å². The fourth-order valence-corrected chi connectivity index (χ4v) is 1.83. The van der Waals surface area contributed by atoms with Crippen LogP contribution in [0.5, 0.6) is 0 Å². The smallest absolute Gasteiger partial charge is 0.162 e. The van der Waals surface area contributed by atoms with E-state index in [9.17, 15) is 4.79 Å². The summed E-state index contributed by atoms with van der Waals surface area (Å²) in [5.41, 5.74) is 4.07. The first-order chi connectivity index (χ1) is 8.22. The van der Waals surface area contributed by atoms with Crippen molar-refractivity contribution in [3.8, 4) is 11.1 Å². The van der Waals surface area contributed by atoms with Crippen LogP contribution in [0.2, 0.25) is 0 Å². The quantitative estimate of drug-likeness (QED) is 0.746. The van der Waals surface area contributed by atoms with Crippen LogP contribution in [0.15, 0.2) is 42.7 Å². The van der Waals surface area contributed by atoms with Crippen molar-refractivity contribution in [3.05, 3.63) is 53.9 Å². The summed E-state index contributed by atoms with van der Waals surface area (Å²) in [4.78, 5) is 15.8. The van der Waals surface area contributed by atoms with Crippen molar-refractivity contribution in [3.63, 3.8) is 0 Å². The second-order valence-corrected chi connectivity index (χ2v) is 4.05. The van der Waals surface area contributed by atoms with Gasteiger partial charge in [-0.05, 0) is 30.2 Å². The molecule has 2 rings (SSSR count). The van der Waals surface area contributed by atoms with Gasteiger partial charge in [0, 0.05) is 29.9 Å². The molecule has 1 heterocycles. The summed E-state index contributed by atoms with van der Waals surface area (Å²) in [6, 6.07) is 9.71. The fourth-order valence-electron chi connectivity index (χ4n) is 1.83. The first kappa shape index (κ1) is 11.5. The maximum atomic E-state index is 11.7. The monoisotopic (exact) mass is 225 g/mol. The van der Waals surface area contributed by atoms with Crippen molar-refractivity contribution in [2.75, 3.05) is 0 Å². The molecule has 0 unspecified atom stereocenters. The van der Waals surface area contributed by atoms with Crippen molar-refractivity contribution >= 4 is 5.78 Å². The number of aryl methyl sites for hydroxylation is 1. The molecule has 0 amide bonds. The summed E-state index contributed by atoms with van der Waals surface area (Å²) in [6.45, 7) is 3.93. The van der Waals surface area contributed by atoms with Gasteiger partial charge in [-0.3, -0.25) is 9.78 Å². The van der Waals surface area contributed by atoms with E-state index in [0.29, 0.717) is 6.42 Å². The zero-order chi connectivity index (χ0) is 12.3. The van der Waals surface area contributed by atoms with Gasteiger partial charge in [-0.1, -0.05) is 25.1 Å². The molecule has 0 aliphatic rings. The van der Waals surface area contributed by atoms with E-state index < -0.39 is 0 Å². The van der Waals surface area contributed by atoms with Gasteiger partial charge < -0.3 is 0 Å². The van der Waals surface area contributed by atoms with E-state index in [0.717, 1.165) is 16.7 Å². The molecule has 2 heteroatoms. The lowest BCUT2D eigenvalue weighted by atomic mass is 9.99. The number of Topliss-reactive ketones (excluding diaryl/α,β-unsaturated/α-hetero) is 1. The van der Waals surface area contributed by atoms with Crippen LogP contribution in [0.1, 0.15) is 29.3 Å². The second-order valence-electron chi connectivity index (χ2n) is 4.05. The molecule has 0 fully saturated rings. The molecular weight excluding hydrogens is 210 g/mol. The number of hydrogen-bond donors (Lipinski definition) is 0. The van der Waals surface area contributed by atoms with E-state index in [-0.39, 0.29) is 5.78 Å². The standard InChI is InChI=1S/C15H15NO/c1-3-15(17)13-6-4-5-12(9-13)14-10-16-8-7-11(14)2/h4-10H,3H2,1-2H3. The van der Waals surface area contributed by atoms with Crippen molar-refractivity contribution < 1.29 is 4.79 Å². The highest BCUT2D eigenvalue weighted by Gasteiger charge is 2.06. The molecule has 0 N–H and O–H groups in total. The van der Waals surface area contributed by atoms with Crippen LogP contribution in [0.25, 0.3) is 11.1 Å². The largest absolute Gasteiger partial charge is 0.294 e. The molecule has 0 bridgehead atoms. The number of carbonyl (C=O) groups is 1. The molecule has 0 atom stereocenters. The number of hydrogen-bond acceptors (Lipinski definition) is 2. The molecule has 1 aromatic carbocycles. The van der Waals surface area contributed by atoms with Crippen molar-refractivity contribution in [2.24, 2.45) is 0 Å². The Morgan fingerprint density at radius 3 is 2.82 bits per heavy atom. The van der Waals surface area contributed by atoms with Crippen LogP contribution in [0, 0.1) is 6.92 Å². The summed E-state index contributed by atoms with van der Waals surface area (Å²) in [5.74, 6) is 0.174. The average molecular weight is 225 g/mol. The SMILES string of the molecule is CCC(=O)c1cccc(-c2cnccc2C)c1. The first-order valence-corrected chi connectivity index (χ1v) is 5.76. The number of ketones is 1. The van der Waals surface area contributed by atoms with E-state index in [4.69, 9.17) is 0 Å². The minimum Gasteiger partial charge on any atom is -0.294 e. The third kappa shape index (κ3) is 2.41. The molecule has 0 aliphatic carbocycles. The highest BCUT2D eigenvalue weighted by molar-refractivity contribution is 5.97. The van der Waals surface area contributed by atoms with E-state index >= 15 is 0 Å². The summed E-state index contributed by atoms with van der Waals surface area (Å²) in [7, 11) is 0. The topological polar surface area (TPSA) is 30.0 Å². The summed E-state index contributed by atoms with van der Waals surface area (Å²) < 4.78 is 0. The molecule has 0 spiro atoms. The highest BCUT2D eigenvalue weighted by atomic mass is 16.1. The molecule has 0 saturated heterocycles. The Kier molecular flexibility index (Phi) is 3.33. The van der Waals surface area contributed by atoms with E-state index in [2.05, 4.69) is 4.98 Å². The average Bonchev–Trinajstić information content (AvgIpc) is 2.38. The number of carbonyl (C=O) groups excluding carboxylic acids is 1. The summed E-state index contributed by atoms with van der Waals surface area (Å²) in [6.07, 6.45) is 4.15. The number of aromatic nitrogens is 1. The minimum absolute atomic E-state index is 0.174. The number of nitrogens with zero attached hydrogens (tertiary/aromatic N) is 1. The second kappa shape index (κ2) is 4.91. The number of rotatable bonds is 3. The highest BCUT2D eigenvalue weighted by Crippen LogP contribution is 2.23. The van der Waals surface area contributed by atoms with Crippen LogP contribution in [-0.2, 0) is 0 Å². The Bertz CT molecular complexity index is 546. The Balaban J connectivity index is 2.47. The molecule has 86 valence electrons. The van der Waals surface area contributed by atoms with Gasteiger partial charge in [0.1, 0.15) is 0 Å². The molecule has 1 aromatic heterocycles. The van der Waals surface area contributed by atoms with E-state index in [1.54, 1.807) is 6.20 Å². The van der Waals surface area contributed by atoms with Crippen molar-refractivity contribution in [2.45, 2.75) is 20.3 Å². The fraction of sp³-hybridized carbons (Fsp3) is 0.200. The van der Waals surface area contributed by atoms with E-state index in [1.165, 1.54) is 5.56 Å². The Morgan fingerprint density at radius 1 is 1.29 bits per heavy atom. The maximum absolute atomic E-state index is 11.7. The van der Waals surface area contributed by atoms with Gasteiger partial charge in [0.2, 0.25) is 0 Å². The molecular formula is C15H15NO. The molecule has 0 radical (unpaired) electrons. The number of pyridine rings is 1. The third-order valence-electron chi connectivity index (χ3n) is 2.86. The lowest BCUT2D eigenvalue weighted by molar-refractivity contribution is 0.0988. The van der Waals surface area contributed by atoms with E-state index in [1.807, 2.05) is 50.4 Å². The zero-order valence-corrected chi connectivity index (χ0v) is 10.1. The predicted octanol–water partition coefficient (Wildman–Crippen LogP) is 3.65. The van der Waals surface area contributed by atoms with Crippen LogP contribution >= 0.6 is 0 Å². The Hall–Kier alpha value is -1.96. The van der Waals surface area contributed by atoms with Gasteiger partial charge >= 0.3 is 0 Å². The van der Waals surface area contributed by atoms with Crippen molar-refractivity contribution in [1.29, 1.82) is 0 Å². The predicted molar refractivity (Wildman–Crippen MR) is 69.0 cm³/mol. The number of benzene rings is 1. The van der Waals surface area contributed by atoms with Gasteiger partial charge in [-0.2, -0.15) is 0 Å². The van der Waals surface area contributed by atoms with Gasteiger partial charge in [0.25, 0.3) is 0 Å². The normalized spacial score (nSPS) is 10.2. The van der Waals surface area contributed by atoms with Crippen LogP contribution < -0.4 is 0 Å². The van der Waals surface area contributed by atoms with Crippen LogP contribution in [0.3, 0.4) is 0 Å². The molecule has 2 nitrogen and oxygen atoms in total. The van der Waals surface area contributed by atoms with Gasteiger partial charge in [0.05, 0.1) is 0 Å². The van der Waals surface area contributed by atoms with Crippen LogP contribution in [0.4, 0.5) is 0 Å². The Labute approximate surface area is 101 Å². The summed E-state index contributed by atoms with van der Waals surface area (Å²) in [5, 5.41) is 0. The maximum Gasteiger partial charge on any atom is 0.162 e. The van der Waals surface area contributed by atoms with Crippen LogP contribution in [-0.4, -0.2) is 10.8 Å². The molecule has 0 saturated carbocycles. The summed E-state index contributed by atoms with van der Waals surface area (Å²) >= 11 is 0. The van der Waals surface area contributed by atoms with Gasteiger partial charge in [-0.25, -0.2) is 0 Å². The molecule has 2 aromatic rings. The lowest BCUT2D eigenvalue weighted by Crippen LogP contribution is -1.96. The lowest BCUT2D eigenvalue weighted by Gasteiger charge is -2.06. The minimum atomic E-state index is 0.174. The first-order valence-electron chi connectivity index (χ1n) is 5.76. The third-order valence-corrected chi connectivity index (χ3v) is 2.86. The molecule has 17 heavy (non-hydrogen) atoms. The van der Waals surface area contributed by atoms with Crippen molar-refractivity contribution in [1.82, 2.24) is 4.98 Å². The molecule has 0 aliphatic heterocycles. The van der Waals surface area contributed by atoms with Gasteiger partial charge in [-0.15, -0.1) is 0 Å². The zero-order valence-electron chi connectivity index (χ0n) is 10.1.